The minimum absolute atomic E-state index is 0.0285. The van der Waals surface area contributed by atoms with E-state index in [9.17, 15) is 19.0 Å². The number of hydrogen-bond donors (Lipinski definition) is 1. The first kappa shape index (κ1) is 51.7. The van der Waals surface area contributed by atoms with E-state index in [4.69, 9.17) is 23.3 Å². The monoisotopic (exact) mass is 803 g/mol. The summed E-state index contributed by atoms with van der Waals surface area (Å²) in [5.74, 6) is -0.813. The van der Waals surface area contributed by atoms with Gasteiger partial charge in [0.05, 0.1) is 40.0 Å². The zero-order valence-corrected chi connectivity index (χ0v) is 37.0. The van der Waals surface area contributed by atoms with Gasteiger partial charge in [-0.05, 0) is 38.5 Å². The van der Waals surface area contributed by atoms with E-state index in [1.54, 1.807) is 0 Å². The molecule has 0 bridgehead atoms. The molecule has 1 rings (SSSR count). The number of esters is 2. The Bertz CT molecular complexity index is 1020. The molecule has 0 aromatic carbocycles. The SMILES string of the molecule is CCCCC/C=C\CC1OC1CCCCCCCC(=O)O[C@H](COC(=O)CCCCCCCCCCCCCCCCC)COP(=O)(O)OCC[N+](C)(C)C. The van der Waals surface area contributed by atoms with Crippen LogP contribution in [0.25, 0.3) is 0 Å². The summed E-state index contributed by atoms with van der Waals surface area (Å²) >= 11 is 0. The van der Waals surface area contributed by atoms with Crippen molar-refractivity contribution >= 4 is 19.8 Å². The molecule has 1 aliphatic rings. The second kappa shape index (κ2) is 33.7. The van der Waals surface area contributed by atoms with E-state index >= 15 is 0 Å². The lowest BCUT2D eigenvalue weighted by atomic mass is 10.0. The minimum Gasteiger partial charge on any atom is -0.462 e. The Labute approximate surface area is 337 Å². The predicted octanol–water partition coefficient (Wildman–Crippen LogP) is 11.6. The average Bonchev–Trinajstić information content (AvgIpc) is 3.89. The van der Waals surface area contributed by atoms with Gasteiger partial charge in [-0.25, -0.2) is 4.57 Å². The fraction of sp³-hybridized carbons (Fsp3) is 0.909. The van der Waals surface area contributed by atoms with Crippen LogP contribution < -0.4 is 0 Å². The summed E-state index contributed by atoms with van der Waals surface area (Å²) in [7, 11) is 1.47. The molecule has 10 nitrogen and oxygen atoms in total. The maximum Gasteiger partial charge on any atom is 0.472 e. The largest absolute Gasteiger partial charge is 0.472 e. The molecule has 0 aliphatic carbocycles. The predicted molar refractivity (Wildman–Crippen MR) is 224 cm³/mol. The van der Waals surface area contributed by atoms with Crippen LogP contribution in [0.15, 0.2) is 12.2 Å². The molecule has 1 fully saturated rings. The van der Waals surface area contributed by atoms with Crippen molar-refractivity contribution in [2.24, 2.45) is 0 Å². The smallest absolute Gasteiger partial charge is 0.462 e. The molecule has 0 spiro atoms. The summed E-state index contributed by atoms with van der Waals surface area (Å²) in [5, 5.41) is 0. The molecule has 1 heterocycles. The molecular weight excluding hydrogens is 717 g/mol. The first-order valence-electron chi connectivity index (χ1n) is 22.5. The Morgan fingerprint density at radius 2 is 1.16 bits per heavy atom. The maximum atomic E-state index is 12.7. The van der Waals surface area contributed by atoms with Gasteiger partial charge in [0.1, 0.15) is 19.8 Å². The third-order valence-corrected chi connectivity index (χ3v) is 11.2. The van der Waals surface area contributed by atoms with E-state index in [0.29, 0.717) is 29.7 Å². The number of phosphoric acid groups is 1. The van der Waals surface area contributed by atoms with Gasteiger partial charge in [-0.1, -0.05) is 154 Å². The fourth-order valence-corrected chi connectivity index (χ4v) is 7.29. The number of rotatable bonds is 40. The zero-order valence-electron chi connectivity index (χ0n) is 36.1. The van der Waals surface area contributed by atoms with Crippen LogP contribution in [0.5, 0.6) is 0 Å². The summed E-state index contributed by atoms with van der Waals surface area (Å²) in [6.45, 7) is 4.38. The van der Waals surface area contributed by atoms with Gasteiger partial charge in [0, 0.05) is 12.8 Å². The van der Waals surface area contributed by atoms with Gasteiger partial charge in [0.2, 0.25) is 0 Å². The minimum atomic E-state index is -4.38. The number of carbonyl (C=O) groups excluding carboxylic acids is 2. The van der Waals surface area contributed by atoms with E-state index in [-0.39, 0.29) is 32.0 Å². The third-order valence-electron chi connectivity index (χ3n) is 10.2. The molecule has 1 N–H and O–H groups in total. The van der Waals surface area contributed by atoms with Crippen LogP contribution in [0.1, 0.15) is 194 Å². The molecule has 0 amide bonds. The second-order valence-corrected chi connectivity index (χ2v) is 18.3. The van der Waals surface area contributed by atoms with Crippen LogP contribution in [0.3, 0.4) is 0 Å². The number of nitrogens with zero attached hydrogens (tertiary/aromatic N) is 1. The Balaban J connectivity index is 2.27. The lowest BCUT2D eigenvalue weighted by molar-refractivity contribution is -0.870. The Morgan fingerprint density at radius 1 is 0.655 bits per heavy atom. The van der Waals surface area contributed by atoms with Gasteiger partial charge < -0.3 is 23.6 Å². The standard InChI is InChI=1S/C44H84NO9P/c1-6-8-10-12-14-15-16-17-18-19-20-21-22-26-30-34-43(46)50-38-40(39-52-55(48,49)51-37-36-45(3,4)5)53-44(47)35-31-27-23-25-29-33-42-41(54-42)32-28-24-13-11-9-7-2/h24,28,40-42H,6-23,25-27,29-39H2,1-5H3/p+1/b28-24-/t40-,41?,42?/m1/s1. The lowest BCUT2D eigenvalue weighted by Crippen LogP contribution is -2.37. The van der Waals surface area contributed by atoms with Crippen LogP contribution in [-0.2, 0) is 37.4 Å². The quantitative estimate of drug-likeness (QED) is 0.0161. The van der Waals surface area contributed by atoms with Crippen molar-refractivity contribution < 1.29 is 46.8 Å². The normalized spacial score (nSPS) is 17.3. The summed E-state index contributed by atoms with van der Waals surface area (Å²) in [6, 6.07) is 0. The third kappa shape index (κ3) is 34.5. The van der Waals surface area contributed by atoms with Crippen LogP contribution in [0, 0.1) is 0 Å². The van der Waals surface area contributed by atoms with Gasteiger partial charge in [-0.2, -0.15) is 0 Å². The molecule has 0 saturated carbocycles. The first-order chi connectivity index (χ1) is 26.5. The highest BCUT2D eigenvalue weighted by Crippen LogP contribution is 2.43. The summed E-state index contributed by atoms with van der Waals surface area (Å²) in [5.41, 5.74) is 0. The first-order valence-corrected chi connectivity index (χ1v) is 24.0. The van der Waals surface area contributed by atoms with Crippen LogP contribution in [0.4, 0.5) is 0 Å². The molecule has 1 aliphatic heterocycles. The Morgan fingerprint density at radius 3 is 1.73 bits per heavy atom. The summed E-state index contributed by atoms with van der Waals surface area (Å²) < 4.78 is 40.1. The number of likely N-dealkylation sites (N-methyl/N-ethyl adjacent to an activating group) is 1. The zero-order chi connectivity index (χ0) is 40.5. The van der Waals surface area contributed by atoms with Gasteiger partial charge in [-0.15, -0.1) is 0 Å². The van der Waals surface area contributed by atoms with Crippen LogP contribution in [-0.4, -0.2) is 87.1 Å². The van der Waals surface area contributed by atoms with E-state index < -0.39 is 26.5 Å². The number of phosphoric ester groups is 1. The van der Waals surface area contributed by atoms with E-state index in [1.807, 2.05) is 21.1 Å². The highest BCUT2D eigenvalue weighted by molar-refractivity contribution is 7.47. The van der Waals surface area contributed by atoms with E-state index in [0.717, 1.165) is 64.2 Å². The van der Waals surface area contributed by atoms with E-state index in [1.165, 1.54) is 96.3 Å². The van der Waals surface area contributed by atoms with Gasteiger partial charge in [-0.3, -0.25) is 18.6 Å². The van der Waals surface area contributed by atoms with Gasteiger partial charge in [0.25, 0.3) is 0 Å². The lowest BCUT2D eigenvalue weighted by Gasteiger charge is -2.24. The molecule has 0 aromatic heterocycles. The van der Waals surface area contributed by atoms with Crippen molar-refractivity contribution in [2.45, 2.75) is 212 Å². The molecule has 55 heavy (non-hydrogen) atoms. The highest BCUT2D eigenvalue weighted by Gasteiger charge is 2.36. The fourth-order valence-electron chi connectivity index (χ4n) is 6.55. The van der Waals surface area contributed by atoms with E-state index in [2.05, 4.69) is 26.0 Å². The average molecular weight is 803 g/mol. The topological polar surface area (TPSA) is 121 Å². The van der Waals surface area contributed by atoms with Crippen LogP contribution >= 0.6 is 7.82 Å². The van der Waals surface area contributed by atoms with Crippen molar-refractivity contribution in [3.05, 3.63) is 12.2 Å². The number of unbranched alkanes of at least 4 members (excludes halogenated alkanes) is 21. The molecular formula is C44H85NO9P+. The number of ether oxygens (including phenoxy) is 3. The maximum absolute atomic E-state index is 12.7. The van der Waals surface area contributed by atoms with Crippen molar-refractivity contribution in [1.29, 1.82) is 0 Å². The van der Waals surface area contributed by atoms with Crippen molar-refractivity contribution in [1.82, 2.24) is 0 Å². The molecule has 0 radical (unpaired) electrons. The number of quaternary nitrogens is 1. The number of allylic oxidation sites excluding steroid dienone is 1. The summed E-state index contributed by atoms with van der Waals surface area (Å²) in [4.78, 5) is 35.4. The molecule has 1 saturated heterocycles. The van der Waals surface area contributed by atoms with Crippen LogP contribution in [0.2, 0.25) is 0 Å². The molecule has 3 unspecified atom stereocenters. The molecule has 324 valence electrons. The Kier molecular flexibility index (Phi) is 31.7. The second-order valence-electron chi connectivity index (χ2n) is 16.8. The summed E-state index contributed by atoms with van der Waals surface area (Å²) in [6.07, 6.45) is 35.5. The number of carbonyl (C=O) groups is 2. The Hall–Kier alpha value is -1.29. The van der Waals surface area contributed by atoms with Crippen molar-refractivity contribution in [3.63, 3.8) is 0 Å². The van der Waals surface area contributed by atoms with Crippen molar-refractivity contribution in [2.75, 3.05) is 47.5 Å². The molecule has 11 heteroatoms. The highest BCUT2D eigenvalue weighted by atomic mass is 31.2. The number of epoxide rings is 1. The molecule has 4 atom stereocenters. The van der Waals surface area contributed by atoms with Crippen molar-refractivity contribution in [3.8, 4) is 0 Å². The molecule has 0 aromatic rings. The van der Waals surface area contributed by atoms with Gasteiger partial charge in [0.15, 0.2) is 6.10 Å². The van der Waals surface area contributed by atoms with Gasteiger partial charge >= 0.3 is 19.8 Å². The number of hydrogen-bond acceptors (Lipinski definition) is 8.